The van der Waals surface area contributed by atoms with Gasteiger partial charge in [0.2, 0.25) is 5.91 Å². The maximum atomic E-state index is 12.9. The minimum absolute atomic E-state index is 0.0608. The van der Waals surface area contributed by atoms with Crippen LogP contribution in [0.2, 0.25) is 0 Å². The Morgan fingerprint density at radius 1 is 0.971 bits per heavy atom. The van der Waals surface area contributed by atoms with Crippen LogP contribution in [0.3, 0.4) is 0 Å². The van der Waals surface area contributed by atoms with E-state index in [1.807, 2.05) is 24.3 Å². The third-order valence-electron chi connectivity index (χ3n) is 7.02. The molecular weight excluding hydrogens is 432 g/mol. The van der Waals surface area contributed by atoms with Crippen LogP contribution in [0.25, 0.3) is 11.1 Å². The average Bonchev–Trinajstić information content (AvgIpc) is 2.97. The van der Waals surface area contributed by atoms with Crippen molar-refractivity contribution in [3.8, 4) is 11.1 Å². The number of aliphatic carboxylic acids is 1. The molecule has 4 rings (SSSR count). The number of alkyl carbamates (subject to hydrolysis) is 1. The lowest BCUT2D eigenvalue weighted by molar-refractivity contribution is -0.143. The molecule has 34 heavy (non-hydrogen) atoms. The van der Waals surface area contributed by atoms with Gasteiger partial charge in [0.25, 0.3) is 0 Å². The van der Waals surface area contributed by atoms with Crippen molar-refractivity contribution in [3.63, 3.8) is 0 Å². The van der Waals surface area contributed by atoms with Crippen LogP contribution in [-0.2, 0) is 14.3 Å². The van der Waals surface area contributed by atoms with E-state index >= 15 is 0 Å². The second-order valence-electron chi connectivity index (χ2n) is 9.13. The lowest BCUT2D eigenvalue weighted by atomic mass is 9.94. The molecule has 2 aliphatic rings. The van der Waals surface area contributed by atoms with Gasteiger partial charge in [-0.15, -0.1) is 0 Å². The first-order valence-corrected chi connectivity index (χ1v) is 12.1. The molecule has 0 saturated heterocycles. The maximum absolute atomic E-state index is 12.9. The molecule has 0 aromatic heterocycles. The lowest BCUT2D eigenvalue weighted by Crippen LogP contribution is -2.52. The van der Waals surface area contributed by atoms with Crippen LogP contribution in [0.15, 0.2) is 48.5 Å². The largest absolute Gasteiger partial charge is 0.481 e. The predicted molar refractivity (Wildman–Crippen MR) is 128 cm³/mol. The maximum Gasteiger partial charge on any atom is 0.407 e. The summed E-state index contributed by atoms with van der Waals surface area (Å²) in [7, 11) is 0. The van der Waals surface area contributed by atoms with Crippen LogP contribution in [0.5, 0.6) is 0 Å². The van der Waals surface area contributed by atoms with E-state index < -0.39 is 30.1 Å². The molecule has 2 aromatic carbocycles. The quantitative estimate of drug-likeness (QED) is 0.525. The molecule has 3 atom stereocenters. The van der Waals surface area contributed by atoms with Gasteiger partial charge in [0, 0.05) is 12.0 Å². The Bertz CT molecular complexity index is 1010. The molecule has 2 amide bonds. The van der Waals surface area contributed by atoms with Gasteiger partial charge in [-0.2, -0.15) is 0 Å². The van der Waals surface area contributed by atoms with Crippen LogP contribution in [0.1, 0.15) is 62.5 Å². The van der Waals surface area contributed by atoms with Crippen molar-refractivity contribution in [1.82, 2.24) is 10.6 Å². The van der Waals surface area contributed by atoms with Crippen LogP contribution in [0, 0.1) is 5.92 Å². The smallest absolute Gasteiger partial charge is 0.407 e. The van der Waals surface area contributed by atoms with Crippen molar-refractivity contribution in [3.05, 3.63) is 59.7 Å². The molecule has 1 saturated carbocycles. The number of ether oxygens (including phenoxy) is 1. The molecule has 3 N–H and O–H groups in total. The molecule has 0 aliphatic heterocycles. The number of carbonyl (C=O) groups is 3. The Kier molecular flexibility index (Phi) is 7.50. The summed E-state index contributed by atoms with van der Waals surface area (Å²) in [6.45, 7) is 1.97. The normalized spacial score (nSPS) is 20.4. The van der Waals surface area contributed by atoms with Gasteiger partial charge < -0.3 is 20.5 Å². The molecule has 7 nitrogen and oxygen atoms in total. The summed E-state index contributed by atoms with van der Waals surface area (Å²) in [5, 5.41) is 15.1. The second kappa shape index (κ2) is 10.7. The molecule has 1 fully saturated rings. The van der Waals surface area contributed by atoms with Crippen molar-refractivity contribution in [2.75, 3.05) is 6.61 Å². The van der Waals surface area contributed by atoms with Gasteiger partial charge in [-0.05, 0) is 41.5 Å². The zero-order valence-electron chi connectivity index (χ0n) is 19.5. The number of carboxylic acids is 1. The summed E-state index contributed by atoms with van der Waals surface area (Å²) >= 11 is 0. The highest BCUT2D eigenvalue weighted by atomic mass is 16.5. The molecule has 2 aliphatic carbocycles. The lowest BCUT2D eigenvalue weighted by Gasteiger charge is -2.25. The monoisotopic (exact) mass is 464 g/mol. The summed E-state index contributed by atoms with van der Waals surface area (Å²) < 4.78 is 5.57. The summed E-state index contributed by atoms with van der Waals surface area (Å²) in [6, 6.07) is 15.0. The van der Waals surface area contributed by atoms with E-state index in [4.69, 9.17) is 4.74 Å². The zero-order chi connectivity index (χ0) is 24.1. The minimum Gasteiger partial charge on any atom is -0.481 e. The molecule has 2 aromatic rings. The van der Waals surface area contributed by atoms with E-state index in [0.29, 0.717) is 19.3 Å². The highest BCUT2D eigenvalue weighted by molar-refractivity contribution is 5.86. The molecule has 0 bridgehead atoms. The van der Waals surface area contributed by atoms with Crippen molar-refractivity contribution in [2.45, 2.75) is 63.5 Å². The molecular formula is C27H32N2O5. The second-order valence-corrected chi connectivity index (χ2v) is 9.13. The summed E-state index contributed by atoms with van der Waals surface area (Å²) in [6.07, 6.45) is 3.59. The van der Waals surface area contributed by atoms with Gasteiger partial charge in [-0.1, -0.05) is 74.7 Å². The number of carbonyl (C=O) groups excluding carboxylic acids is 2. The SMILES string of the molecule is CC[C@H](NC(=O)OCC1c2ccccc2-c2ccccc21)C(=O)N[C@H]1CCCCC[C@H]1C(=O)O. The fraction of sp³-hybridized carbons (Fsp3) is 0.444. The number of hydrogen-bond acceptors (Lipinski definition) is 4. The number of fused-ring (bicyclic) bond motifs is 3. The predicted octanol–water partition coefficient (Wildman–Crippen LogP) is 4.45. The van der Waals surface area contributed by atoms with Gasteiger partial charge in [-0.25, -0.2) is 4.79 Å². The fourth-order valence-electron chi connectivity index (χ4n) is 5.19. The number of amides is 2. The van der Waals surface area contributed by atoms with Gasteiger partial charge in [-0.3, -0.25) is 9.59 Å². The van der Waals surface area contributed by atoms with Crippen LogP contribution in [-0.4, -0.2) is 41.8 Å². The van der Waals surface area contributed by atoms with Gasteiger partial charge in [0.1, 0.15) is 12.6 Å². The Labute approximate surface area is 199 Å². The summed E-state index contributed by atoms with van der Waals surface area (Å²) in [4.78, 5) is 37.1. The third-order valence-corrected chi connectivity index (χ3v) is 7.02. The van der Waals surface area contributed by atoms with Crippen LogP contribution in [0.4, 0.5) is 4.79 Å². The van der Waals surface area contributed by atoms with E-state index in [-0.39, 0.29) is 18.4 Å². The first kappa shape index (κ1) is 23.8. The Hall–Kier alpha value is -3.35. The van der Waals surface area contributed by atoms with Crippen molar-refractivity contribution >= 4 is 18.0 Å². The number of hydrogen-bond donors (Lipinski definition) is 3. The summed E-state index contributed by atoms with van der Waals surface area (Å²) in [5.74, 6) is -1.91. The molecule has 180 valence electrons. The number of nitrogens with one attached hydrogen (secondary N) is 2. The molecule has 0 unspecified atom stereocenters. The highest BCUT2D eigenvalue weighted by Crippen LogP contribution is 2.44. The Morgan fingerprint density at radius 3 is 2.21 bits per heavy atom. The molecule has 0 radical (unpaired) electrons. The van der Waals surface area contributed by atoms with Crippen molar-refractivity contribution < 1.29 is 24.2 Å². The van der Waals surface area contributed by atoms with E-state index in [0.717, 1.165) is 41.5 Å². The first-order chi connectivity index (χ1) is 16.5. The number of benzene rings is 2. The van der Waals surface area contributed by atoms with E-state index in [1.54, 1.807) is 6.92 Å². The standard InChI is InChI=1S/C27H32N2O5/c1-2-23(25(30)28-24-15-5-3-4-14-21(24)26(31)32)29-27(33)34-16-22-19-12-8-6-10-17(19)18-11-7-9-13-20(18)22/h6-13,21-24H,2-5,14-16H2,1H3,(H,28,30)(H,29,33)(H,31,32)/t21-,23+,24+/m1/s1. The van der Waals surface area contributed by atoms with E-state index in [9.17, 15) is 19.5 Å². The van der Waals surface area contributed by atoms with Crippen molar-refractivity contribution in [2.24, 2.45) is 5.92 Å². The van der Waals surface area contributed by atoms with Gasteiger partial charge in [0.15, 0.2) is 0 Å². The summed E-state index contributed by atoms with van der Waals surface area (Å²) in [5.41, 5.74) is 4.53. The van der Waals surface area contributed by atoms with E-state index in [2.05, 4.69) is 34.9 Å². The highest BCUT2D eigenvalue weighted by Gasteiger charge is 2.33. The molecule has 0 spiro atoms. The zero-order valence-corrected chi connectivity index (χ0v) is 19.5. The Morgan fingerprint density at radius 2 is 1.59 bits per heavy atom. The first-order valence-electron chi connectivity index (χ1n) is 12.1. The van der Waals surface area contributed by atoms with E-state index in [1.165, 1.54) is 0 Å². The average molecular weight is 465 g/mol. The Balaban J connectivity index is 1.36. The number of carboxylic acid groups (broad SMARTS) is 1. The van der Waals surface area contributed by atoms with Crippen LogP contribution >= 0.6 is 0 Å². The fourth-order valence-corrected chi connectivity index (χ4v) is 5.19. The van der Waals surface area contributed by atoms with Crippen molar-refractivity contribution in [1.29, 1.82) is 0 Å². The van der Waals surface area contributed by atoms with Crippen LogP contribution < -0.4 is 10.6 Å². The van der Waals surface area contributed by atoms with Gasteiger partial charge in [0.05, 0.1) is 5.92 Å². The topological polar surface area (TPSA) is 105 Å². The molecule has 7 heteroatoms. The molecule has 0 heterocycles. The minimum atomic E-state index is -0.884. The van der Waals surface area contributed by atoms with Gasteiger partial charge >= 0.3 is 12.1 Å². The third kappa shape index (κ3) is 5.08. The number of rotatable bonds is 7.